The van der Waals surface area contributed by atoms with E-state index in [0.717, 1.165) is 24.3 Å². The van der Waals surface area contributed by atoms with Crippen LogP contribution in [0.3, 0.4) is 0 Å². The molecule has 0 bridgehead atoms. The summed E-state index contributed by atoms with van der Waals surface area (Å²) in [6, 6.07) is 1.04. The molecule has 1 aromatic heterocycles. The van der Waals surface area contributed by atoms with E-state index in [1.807, 2.05) is 25.6 Å². The first-order chi connectivity index (χ1) is 9.81. The fourth-order valence-electron chi connectivity index (χ4n) is 2.30. The minimum atomic E-state index is -3.67. The van der Waals surface area contributed by atoms with Gasteiger partial charge in [-0.15, -0.1) is 0 Å². The first kappa shape index (κ1) is 16.4. The van der Waals surface area contributed by atoms with Gasteiger partial charge in [0, 0.05) is 18.3 Å². The van der Waals surface area contributed by atoms with Crippen LogP contribution in [-0.4, -0.2) is 41.6 Å². The molecular formula is C13H20N2O4S2. The Morgan fingerprint density at radius 1 is 1.43 bits per heavy atom. The number of nitrogens with zero attached hydrogens (tertiary/aromatic N) is 1. The van der Waals surface area contributed by atoms with Gasteiger partial charge < -0.3 is 9.67 Å². The molecule has 0 aliphatic carbocycles. The average Bonchev–Trinajstić information content (AvgIpc) is 2.85. The lowest BCUT2D eigenvalue weighted by Crippen LogP contribution is -2.37. The first-order valence-electron chi connectivity index (χ1n) is 6.86. The highest BCUT2D eigenvalue weighted by Crippen LogP contribution is 2.22. The summed E-state index contributed by atoms with van der Waals surface area (Å²) in [5.74, 6) is 0.764. The third-order valence-electron chi connectivity index (χ3n) is 3.45. The molecule has 0 amide bonds. The molecule has 1 fully saturated rings. The number of aromatic carboxylic acids is 1. The maximum Gasteiger partial charge on any atom is 0.352 e. The van der Waals surface area contributed by atoms with Crippen LogP contribution in [0.1, 0.15) is 43.2 Å². The highest BCUT2D eigenvalue weighted by Gasteiger charge is 2.25. The van der Waals surface area contributed by atoms with E-state index in [-0.39, 0.29) is 22.7 Å². The van der Waals surface area contributed by atoms with E-state index in [1.54, 1.807) is 0 Å². The van der Waals surface area contributed by atoms with Crippen molar-refractivity contribution in [3.8, 4) is 0 Å². The van der Waals surface area contributed by atoms with Crippen LogP contribution in [-0.2, 0) is 10.0 Å². The van der Waals surface area contributed by atoms with Crippen molar-refractivity contribution in [2.75, 3.05) is 11.5 Å². The van der Waals surface area contributed by atoms with Crippen molar-refractivity contribution in [1.82, 2.24) is 9.29 Å². The number of rotatable bonds is 5. The third kappa shape index (κ3) is 3.81. The van der Waals surface area contributed by atoms with E-state index < -0.39 is 16.0 Å². The lowest BCUT2D eigenvalue weighted by molar-refractivity contribution is 0.0683. The Labute approximate surface area is 129 Å². The monoisotopic (exact) mass is 332 g/mol. The molecule has 0 aromatic carbocycles. The number of carboxylic acids is 1. The van der Waals surface area contributed by atoms with Crippen molar-refractivity contribution in [3.05, 3.63) is 18.0 Å². The van der Waals surface area contributed by atoms with Gasteiger partial charge in [-0.3, -0.25) is 0 Å². The SMILES string of the molecule is CC(C)n1cc(S(=O)(=O)NC2CCSCC2)cc1C(=O)O. The topological polar surface area (TPSA) is 88.4 Å². The van der Waals surface area contributed by atoms with E-state index in [1.165, 1.54) is 16.8 Å². The zero-order valence-corrected chi connectivity index (χ0v) is 13.7. The maximum absolute atomic E-state index is 12.4. The number of hydrogen-bond acceptors (Lipinski definition) is 4. The molecule has 0 unspecified atom stereocenters. The quantitative estimate of drug-likeness (QED) is 0.860. The number of nitrogens with one attached hydrogen (secondary N) is 1. The molecule has 118 valence electrons. The second-order valence-electron chi connectivity index (χ2n) is 5.38. The molecule has 2 heterocycles. The van der Waals surface area contributed by atoms with E-state index in [4.69, 9.17) is 0 Å². The lowest BCUT2D eigenvalue weighted by atomic mass is 10.2. The highest BCUT2D eigenvalue weighted by molar-refractivity contribution is 7.99. The van der Waals surface area contributed by atoms with Gasteiger partial charge in [0.2, 0.25) is 10.0 Å². The Kier molecular flexibility index (Phi) is 5.00. The van der Waals surface area contributed by atoms with Crippen LogP contribution < -0.4 is 4.72 Å². The van der Waals surface area contributed by atoms with E-state index >= 15 is 0 Å². The molecule has 1 aromatic rings. The van der Waals surface area contributed by atoms with Gasteiger partial charge in [-0.2, -0.15) is 11.8 Å². The summed E-state index contributed by atoms with van der Waals surface area (Å²) in [6.45, 7) is 3.63. The summed E-state index contributed by atoms with van der Waals surface area (Å²) in [5.41, 5.74) is -0.00965. The second-order valence-corrected chi connectivity index (χ2v) is 8.31. The molecule has 1 aliphatic heterocycles. The third-order valence-corrected chi connectivity index (χ3v) is 5.99. The second kappa shape index (κ2) is 6.41. The van der Waals surface area contributed by atoms with Crippen molar-refractivity contribution in [2.45, 2.75) is 43.7 Å². The van der Waals surface area contributed by atoms with Gasteiger partial charge in [-0.1, -0.05) is 0 Å². The summed E-state index contributed by atoms with van der Waals surface area (Å²) >= 11 is 1.82. The molecule has 2 N–H and O–H groups in total. The Bertz CT molecular complexity index is 616. The maximum atomic E-state index is 12.4. The van der Waals surface area contributed by atoms with Gasteiger partial charge in [0.1, 0.15) is 10.6 Å². The van der Waals surface area contributed by atoms with Crippen molar-refractivity contribution >= 4 is 27.8 Å². The predicted molar refractivity (Wildman–Crippen MR) is 82.4 cm³/mol. The van der Waals surface area contributed by atoms with Crippen LogP contribution in [0.4, 0.5) is 0 Å². The van der Waals surface area contributed by atoms with Gasteiger partial charge in [-0.05, 0) is 44.3 Å². The summed E-state index contributed by atoms with van der Waals surface area (Å²) < 4.78 is 28.9. The van der Waals surface area contributed by atoms with Gasteiger partial charge in [0.15, 0.2) is 0 Å². The molecule has 21 heavy (non-hydrogen) atoms. The minimum absolute atomic E-state index is 0.00965. The molecule has 0 spiro atoms. The molecule has 0 atom stereocenters. The molecule has 0 radical (unpaired) electrons. The highest BCUT2D eigenvalue weighted by atomic mass is 32.2. The fraction of sp³-hybridized carbons (Fsp3) is 0.615. The normalized spacial score (nSPS) is 17.3. The van der Waals surface area contributed by atoms with Crippen molar-refractivity contribution < 1.29 is 18.3 Å². The van der Waals surface area contributed by atoms with Crippen LogP contribution in [0.25, 0.3) is 0 Å². The standard InChI is InChI=1S/C13H20N2O4S2/c1-9(2)15-8-11(7-12(15)13(16)17)21(18,19)14-10-3-5-20-6-4-10/h7-10,14H,3-6H2,1-2H3,(H,16,17). The van der Waals surface area contributed by atoms with Gasteiger partial charge in [-0.25, -0.2) is 17.9 Å². The molecule has 2 rings (SSSR count). The van der Waals surface area contributed by atoms with Gasteiger partial charge >= 0.3 is 5.97 Å². The largest absolute Gasteiger partial charge is 0.477 e. The Morgan fingerprint density at radius 3 is 2.52 bits per heavy atom. The number of thioether (sulfide) groups is 1. The van der Waals surface area contributed by atoms with Crippen molar-refractivity contribution in [3.63, 3.8) is 0 Å². The van der Waals surface area contributed by atoms with Crippen LogP contribution >= 0.6 is 11.8 Å². The Hall–Kier alpha value is -0.990. The number of hydrogen-bond donors (Lipinski definition) is 2. The Morgan fingerprint density at radius 2 is 2.05 bits per heavy atom. The van der Waals surface area contributed by atoms with Crippen molar-refractivity contribution in [1.29, 1.82) is 0 Å². The molecule has 8 heteroatoms. The smallest absolute Gasteiger partial charge is 0.352 e. The molecule has 1 saturated heterocycles. The fourth-order valence-corrected chi connectivity index (χ4v) is 4.74. The summed E-state index contributed by atoms with van der Waals surface area (Å²) in [5, 5.41) is 9.18. The Balaban J connectivity index is 2.27. The van der Waals surface area contributed by atoms with Gasteiger partial charge in [0.25, 0.3) is 0 Å². The number of sulfonamides is 1. The van der Waals surface area contributed by atoms with Crippen LogP contribution in [0.5, 0.6) is 0 Å². The predicted octanol–water partition coefficient (Wildman–Crippen LogP) is 1.94. The van der Waals surface area contributed by atoms with E-state index in [9.17, 15) is 18.3 Å². The van der Waals surface area contributed by atoms with Crippen LogP contribution in [0, 0.1) is 0 Å². The van der Waals surface area contributed by atoms with Crippen LogP contribution in [0.15, 0.2) is 17.2 Å². The molecule has 6 nitrogen and oxygen atoms in total. The molecule has 1 aliphatic rings. The average molecular weight is 332 g/mol. The zero-order valence-electron chi connectivity index (χ0n) is 12.1. The first-order valence-corrected chi connectivity index (χ1v) is 9.50. The lowest BCUT2D eigenvalue weighted by Gasteiger charge is -2.22. The number of carboxylic acid groups (broad SMARTS) is 1. The van der Waals surface area contributed by atoms with Crippen molar-refractivity contribution in [2.24, 2.45) is 0 Å². The summed E-state index contributed by atoms with van der Waals surface area (Å²) in [4.78, 5) is 11.2. The van der Waals surface area contributed by atoms with E-state index in [0.29, 0.717) is 0 Å². The van der Waals surface area contributed by atoms with E-state index in [2.05, 4.69) is 4.72 Å². The molecular weight excluding hydrogens is 312 g/mol. The summed E-state index contributed by atoms with van der Waals surface area (Å²) in [7, 11) is -3.67. The van der Waals surface area contributed by atoms with Crippen LogP contribution in [0.2, 0.25) is 0 Å². The summed E-state index contributed by atoms with van der Waals surface area (Å²) in [6.07, 6.45) is 3.01. The zero-order chi connectivity index (χ0) is 15.6. The molecule has 0 saturated carbocycles. The van der Waals surface area contributed by atoms with Gasteiger partial charge in [0.05, 0.1) is 0 Å². The number of carbonyl (C=O) groups is 1. The number of aromatic nitrogens is 1. The minimum Gasteiger partial charge on any atom is -0.477 e.